The summed E-state index contributed by atoms with van der Waals surface area (Å²) in [5, 5.41) is 2.81. The van der Waals surface area contributed by atoms with Gasteiger partial charge in [-0.25, -0.2) is 4.99 Å². The van der Waals surface area contributed by atoms with E-state index in [1.807, 2.05) is 13.8 Å². The lowest BCUT2D eigenvalue weighted by atomic mass is 9.94. The highest BCUT2D eigenvalue weighted by molar-refractivity contribution is 5.99. The second-order valence-corrected chi connectivity index (χ2v) is 10.8. The number of carbonyl (C=O) groups is 2. The Bertz CT molecular complexity index is 1310. The van der Waals surface area contributed by atoms with Crippen molar-refractivity contribution in [2.45, 2.75) is 63.0 Å². The maximum absolute atomic E-state index is 13.6. The van der Waals surface area contributed by atoms with Gasteiger partial charge in [-0.1, -0.05) is 18.2 Å². The molecule has 208 valence electrons. The molecular weight excluding hydrogens is 515 g/mol. The molecule has 1 saturated carbocycles. The summed E-state index contributed by atoms with van der Waals surface area (Å²) < 4.78 is 51.2. The van der Waals surface area contributed by atoms with Gasteiger partial charge in [0.2, 0.25) is 11.8 Å². The number of alkyl halides is 3. The van der Waals surface area contributed by atoms with Crippen molar-refractivity contribution in [3.05, 3.63) is 53.9 Å². The van der Waals surface area contributed by atoms with Crippen molar-refractivity contribution in [2.24, 2.45) is 22.6 Å². The molecule has 0 bridgehead atoms. The van der Waals surface area contributed by atoms with Gasteiger partial charge in [0.25, 0.3) is 0 Å². The summed E-state index contributed by atoms with van der Waals surface area (Å²) in [4.78, 5) is 36.8. The molecule has 0 unspecified atom stereocenters. The number of nitrogens with zero attached hydrogens (tertiary/aromatic N) is 3. The van der Waals surface area contributed by atoms with Crippen molar-refractivity contribution >= 4 is 17.8 Å². The molecule has 1 fully saturated rings. The number of nitrogens with one attached hydrogen (secondary N) is 1. The van der Waals surface area contributed by atoms with E-state index < -0.39 is 48.1 Å². The largest absolute Gasteiger partial charge is 0.495 e. The van der Waals surface area contributed by atoms with Gasteiger partial charge in [0.15, 0.2) is 12.1 Å². The molecule has 1 aromatic heterocycles. The first-order valence-electron chi connectivity index (χ1n) is 12.7. The number of ether oxygens (including phenoxy) is 2. The second-order valence-electron chi connectivity index (χ2n) is 10.8. The van der Waals surface area contributed by atoms with E-state index in [0.29, 0.717) is 23.3 Å². The molecule has 9 nitrogen and oxygen atoms in total. The SMILES string of the molecule is COc1cncc([C@H]([C@H]2C[C@@H]2C(=O)N[C@H]2C[C@H](C(F)(F)F)Oc3ccccc32)N2C(=O)CC(C)(C)N=C2N)c1. The summed E-state index contributed by atoms with van der Waals surface area (Å²) in [6, 6.07) is 6.58. The van der Waals surface area contributed by atoms with Gasteiger partial charge in [0.1, 0.15) is 11.5 Å². The van der Waals surface area contributed by atoms with Crippen LogP contribution in [0.4, 0.5) is 13.2 Å². The molecule has 2 aliphatic heterocycles. The number of carbonyl (C=O) groups excluding carboxylic acids is 2. The number of aromatic nitrogens is 1. The molecule has 12 heteroatoms. The third-order valence-electron chi connectivity index (χ3n) is 7.38. The predicted molar refractivity (Wildman–Crippen MR) is 135 cm³/mol. The number of fused-ring (bicyclic) bond motifs is 1. The molecule has 1 aromatic carbocycles. The Kier molecular flexibility index (Phi) is 6.68. The van der Waals surface area contributed by atoms with Crippen molar-refractivity contribution in [2.75, 3.05) is 7.11 Å². The molecule has 5 atom stereocenters. The Morgan fingerprint density at radius 3 is 2.69 bits per heavy atom. The quantitative estimate of drug-likeness (QED) is 0.572. The average Bonchev–Trinajstić information content (AvgIpc) is 3.65. The fourth-order valence-corrected chi connectivity index (χ4v) is 5.48. The van der Waals surface area contributed by atoms with E-state index in [1.165, 1.54) is 24.3 Å². The topological polar surface area (TPSA) is 119 Å². The third kappa shape index (κ3) is 5.37. The smallest absolute Gasteiger partial charge is 0.425 e. The molecule has 2 amide bonds. The van der Waals surface area contributed by atoms with Crippen LogP contribution in [0.5, 0.6) is 11.5 Å². The summed E-state index contributed by atoms with van der Waals surface area (Å²) in [6.45, 7) is 3.62. The highest BCUT2D eigenvalue weighted by Gasteiger charge is 2.54. The fraction of sp³-hybridized carbons (Fsp3) is 0.481. The van der Waals surface area contributed by atoms with Gasteiger partial charge in [-0.3, -0.25) is 19.5 Å². The molecule has 3 aliphatic rings. The minimum Gasteiger partial charge on any atom is -0.495 e. The highest BCUT2D eigenvalue weighted by atomic mass is 19.4. The van der Waals surface area contributed by atoms with Gasteiger partial charge in [-0.2, -0.15) is 13.2 Å². The van der Waals surface area contributed by atoms with Gasteiger partial charge >= 0.3 is 6.18 Å². The van der Waals surface area contributed by atoms with E-state index in [0.717, 1.165) is 0 Å². The van der Waals surface area contributed by atoms with Gasteiger partial charge < -0.3 is 20.5 Å². The molecular formula is C27H30F3N5O4. The van der Waals surface area contributed by atoms with Crippen molar-refractivity contribution in [3.8, 4) is 11.5 Å². The van der Waals surface area contributed by atoms with Crippen molar-refractivity contribution in [1.82, 2.24) is 15.2 Å². The molecule has 2 aromatic rings. The normalized spacial score (nSPS) is 26.6. The Balaban J connectivity index is 1.41. The van der Waals surface area contributed by atoms with Gasteiger partial charge in [0, 0.05) is 24.1 Å². The maximum atomic E-state index is 13.6. The van der Waals surface area contributed by atoms with Crippen LogP contribution in [-0.4, -0.2) is 52.6 Å². The van der Waals surface area contributed by atoms with E-state index in [-0.39, 0.29) is 30.0 Å². The van der Waals surface area contributed by atoms with E-state index in [2.05, 4.69) is 15.3 Å². The first-order valence-corrected chi connectivity index (χ1v) is 12.7. The Labute approximate surface area is 223 Å². The van der Waals surface area contributed by atoms with E-state index in [1.54, 1.807) is 30.5 Å². The van der Waals surface area contributed by atoms with Gasteiger partial charge in [0.05, 0.1) is 37.4 Å². The van der Waals surface area contributed by atoms with Crippen LogP contribution in [0, 0.1) is 11.8 Å². The van der Waals surface area contributed by atoms with E-state index in [9.17, 15) is 22.8 Å². The molecule has 0 spiro atoms. The lowest BCUT2D eigenvalue weighted by Gasteiger charge is -2.38. The number of guanidine groups is 1. The van der Waals surface area contributed by atoms with Crippen LogP contribution in [0.1, 0.15) is 56.3 Å². The summed E-state index contributed by atoms with van der Waals surface area (Å²) in [5.74, 6) is -0.948. The first kappa shape index (κ1) is 26.8. The van der Waals surface area contributed by atoms with Crippen molar-refractivity contribution < 1.29 is 32.2 Å². The Morgan fingerprint density at radius 2 is 2.00 bits per heavy atom. The molecule has 3 heterocycles. The maximum Gasteiger partial charge on any atom is 0.425 e. The minimum absolute atomic E-state index is 0.0431. The number of halogens is 3. The lowest BCUT2D eigenvalue weighted by molar-refractivity contribution is -0.201. The van der Waals surface area contributed by atoms with Crippen LogP contribution in [0.25, 0.3) is 0 Å². The molecule has 3 N–H and O–H groups in total. The number of amides is 2. The van der Waals surface area contributed by atoms with Crippen LogP contribution in [-0.2, 0) is 9.59 Å². The number of pyridine rings is 1. The number of nitrogens with two attached hydrogens (primary N) is 1. The zero-order chi connectivity index (χ0) is 28.1. The summed E-state index contributed by atoms with van der Waals surface area (Å²) >= 11 is 0. The Hall–Kier alpha value is -3.83. The standard InChI is InChI=1S/C27H30F3N5O4/c1-26(2)11-22(36)35(25(31)34-26)23(14-8-15(38-3)13-32-12-14)17-9-18(17)24(37)33-19-10-21(27(28,29)30)39-20-7-5-4-6-16(19)20/h4-8,12-13,17-19,21,23H,9-11H2,1-3H3,(H2,31,34)(H,33,37)/t17-,18-,19-,21+,23+/m0/s1. The summed E-state index contributed by atoms with van der Waals surface area (Å²) in [6.07, 6.45) is -3.41. The summed E-state index contributed by atoms with van der Waals surface area (Å²) in [5.41, 5.74) is 6.72. The summed E-state index contributed by atoms with van der Waals surface area (Å²) in [7, 11) is 1.49. The van der Waals surface area contributed by atoms with Crippen LogP contribution in [0.15, 0.2) is 47.7 Å². The fourth-order valence-electron chi connectivity index (χ4n) is 5.48. The first-order chi connectivity index (χ1) is 18.4. The number of aliphatic imine (C=N–C) groups is 1. The van der Waals surface area contributed by atoms with Crippen molar-refractivity contribution in [1.29, 1.82) is 0 Å². The van der Waals surface area contributed by atoms with Gasteiger partial charge in [-0.05, 0) is 43.9 Å². The number of hydrogen-bond acceptors (Lipinski definition) is 7. The van der Waals surface area contributed by atoms with Crippen LogP contribution >= 0.6 is 0 Å². The number of methoxy groups -OCH3 is 1. The monoisotopic (exact) mass is 545 g/mol. The zero-order valence-electron chi connectivity index (χ0n) is 21.7. The Morgan fingerprint density at radius 1 is 1.26 bits per heavy atom. The average molecular weight is 546 g/mol. The van der Waals surface area contributed by atoms with Crippen molar-refractivity contribution in [3.63, 3.8) is 0 Å². The number of hydrogen-bond donors (Lipinski definition) is 2. The molecule has 5 rings (SSSR count). The molecule has 0 radical (unpaired) electrons. The number of benzene rings is 1. The van der Waals surface area contributed by atoms with Crippen LogP contribution < -0.4 is 20.5 Å². The highest BCUT2D eigenvalue weighted by Crippen LogP contribution is 2.52. The third-order valence-corrected chi connectivity index (χ3v) is 7.38. The van der Waals surface area contributed by atoms with E-state index in [4.69, 9.17) is 15.2 Å². The lowest BCUT2D eigenvalue weighted by Crippen LogP contribution is -2.52. The molecule has 39 heavy (non-hydrogen) atoms. The number of para-hydroxylation sites is 1. The number of rotatable bonds is 6. The van der Waals surface area contributed by atoms with E-state index >= 15 is 0 Å². The minimum atomic E-state index is -4.58. The molecule has 1 aliphatic carbocycles. The zero-order valence-corrected chi connectivity index (χ0v) is 21.7. The van der Waals surface area contributed by atoms with Crippen LogP contribution in [0.3, 0.4) is 0 Å². The predicted octanol–water partition coefficient (Wildman–Crippen LogP) is 3.66. The second kappa shape index (κ2) is 9.73. The van der Waals surface area contributed by atoms with Crippen LogP contribution in [0.2, 0.25) is 0 Å². The van der Waals surface area contributed by atoms with Gasteiger partial charge in [-0.15, -0.1) is 0 Å². The molecule has 0 saturated heterocycles.